The van der Waals surface area contributed by atoms with Gasteiger partial charge >= 0.3 is 12.0 Å². The number of carbonyl (C=O) groups is 2. The average Bonchev–Trinajstić information content (AvgIpc) is 2.25. The normalized spacial score (nSPS) is 13.8. The Labute approximate surface area is 102 Å². The van der Waals surface area contributed by atoms with Crippen molar-refractivity contribution in [2.45, 2.75) is 45.7 Å². The van der Waals surface area contributed by atoms with Gasteiger partial charge < -0.3 is 20.5 Å². The van der Waals surface area contributed by atoms with E-state index in [1.165, 1.54) is 0 Å². The van der Waals surface area contributed by atoms with Crippen LogP contribution in [0.4, 0.5) is 4.79 Å². The van der Waals surface area contributed by atoms with Crippen LogP contribution in [-0.2, 0) is 9.53 Å². The highest BCUT2D eigenvalue weighted by Gasteiger charge is 2.19. The number of hydrogen-bond acceptors (Lipinski definition) is 3. The largest absolute Gasteiger partial charge is 0.480 e. The standard InChI is InChI=1S/C11H22N2O4/c1-4-6-9(10(14)15)13-11(16)12-8(3)7-17-5-2/h8-9H,4-7H2,1-3H3,(H,14,15)(H2,12,13,16)/t8?,9-/m1/s1. The molecule has 0 saturated carbocycles. The Bertz CT molecular complexity index is 246. The number of hydrogen-bond donors (Lipinski definition) is 3. The Balaban J connectivity index is 4.00. The highest BCUT2D eigenvalue weighted by atomic mass is 16.5. The maximum atomic E-state index is 11.5. The highest BCUT2D eigenvalue weighted by Crippen LogP contribution is 1.96. The summed E-state index contributed by atoms with van der Waals surface area (Å²) in [6.07, 6.45) is 1.12. The minimum absolute atomic E-state index is 0.147. The molecule has 0 aliphatic heterocycles. The van der Waals surface area contributed by atoms with Gasteiger partial charge in [-0.1, -0.05) is 13.3 Å². The molecule has 2 amide bonds. The molecule has 0 heterocycles. The zero-order valence-electron chi connectivity index (χ0n) is 10.7. The summed E-state index contributed by atoms with van der Waals surface area (Å²) < 4.78 is 5.14. The average molecular weight is 246 g/mol. The van der Waals surface area contributed by atoms with Gasteiger partial charge in [0.15, 0.2) is 0 Å². The molecule has 0 rings (SSSR count). The van der Waals surface area contributed by atoms with Gasteiger partial charge in [-0.2, -0.15) is 0 Å². The lowest BCUT2D eigenvalue weighted by molar-refractivity contribution is -0.139. The van der Waals surface area contributed by atoms with Crippen LogP contribution in [0.15, 0.2) is 0 Å². The van der Waals surface area contributed by atoms with Gasteiger partial charge in [0.25, 0.3) is 0 Å². The molecule has 2 atom stereocenters. The molecule has 0 spiro atoms. The van der Waals surface area contributed by atoms with Crippen LogP contribution in [-0.4, -0.2) is 42.4 Å². The van der Waals surface area contributed by atoms with Gasteiger partial charge in [0.2, 0.25) is 0 Å². The maximum absolute atomic E-state index is 11.5. The molecule has 0 aromatic carbocycles. The van der Waals surface area contributed by atoms with Crippen molar-refractivity contribution in [2.24, 2.45) is 0 Å². The van der Waals surface area contributed by atoms with Gasteiger partial charge in [0.05, 0.1) is 12.6 Å². The fraction of sp³-hybridized carbons (Fsp3) is 0.818. The number of rotatable bonds is 8. The Kier molecular flexibility index (Phi) is 8.13. The fourth-order valence-corrected chi connectivity index (χ4v) is 1.31. The first-order valence-corrected chi connectivity index (χ1v) is 5.88. The van der Waals surface area contributed by atoms with E-state index in [9.17, 15) is 9.59 Å². The summed E-state index contributed by atoms with van der Waals surface area (Å²) in [5.41, 5.74) is 0. The van der Waals surface area contributed by atoms with Gasteiger partial charge in [-0.25, -0.2) is 9.59 Å². The minimum Gasteiger partial charge on any atom is -0.480 e. The SMILES string of the molecule is CCC[C@@H](NC(=O)NC(C)COCC)C(=O)O. The van der Waals surface area contributed by atoms with Crippen molar-refractivity contribution in [2.75, 3.05) is 13.2 Å². The summed E-state index contributed by atoms with van der Waals surface area (Å²) in [6.45, 7) is 6.53. The summed E-state index contributed by atoms with van der Waals surface area (Å²) in [7, 11) is 0. The molecule has 17 heavy (non-hydrogen) atoms. The molecule has 0 saturated heterocycles. The molecule has 0 aromatic heterocycles. The minimum atomic E-state index is -1.01. The van der Waals surface area contributed by atoms with Gasteiger partial charge in [-0.3, -0.25) is 0 Å². The van der Waals surface area contributed by atoms with Gasteiger partial charge in [-0.15, -0.1) is 0 Å². The predicted molar refractivity (Wildman–Crippen MR) is 64.0 cm³/mol. The van der Waals surface area contributed by atoms with Gasteiger partial charge in [0, 0.05) is 6.61 Å². The number of ether oxygens (including phenoxy) is 1. The molecule has 0 aliphatic carbocycles. The first-order chi connectivity index (χ1) is 8.01. The van der Waals surface area contributed by atoms with E-state index in [1.807, 2.05) is 13.8 Å². The topological polar surface area (TPSA) is 87.7 Å². The molecule has 0 aliphatic rings. The predicted octanol–water partition coefficient (Wildman–Crippen LogP) is 0.964. The molecule has 1 unspecified atom stereocenters. The van der Waals surface area contributed by atoms with Crippen molar-refractivity contribution in [3.05, 3.63) is 0 Å². The van der Waals surface area contributed by atoms with Crippen molar-refractivity contribution in [3.8, 4) is 0 Å². The van der Waals surface area contributed by atoms with Crippen LogP contribution in [0.5, 0.6) is 0 Å². The molecule has 0 radical (unpaired) electrons. The van der Waals surface area contributed by atoms with Gasteiger partial charge in [-0.05, 0) is 20.3 Å². The third kappa shape index (κ3) is 7.57. The van der Waals surface area contributed by atoms with Crippen LogP contribution >= 0.6 is 0 Å². The molecule has 0 aromatic rings. The number of aliphatic carboxylic acids is 1. The van der Waals surface area contributed by atoms with E-state index in [0.717, 1.165) is 0 Å². The van der Waals surface area contributed by atoms with Crippen LogP contribution in [0, 0.1) is 0 Å². The molecule has 3 N–H and O–H groups in total. The number of carboxylic acids is 1. The molecular formula is C11H22N2O4. The Morgan fingerprint density at radius 2 is 1.94 bits per heavy atom. The monoisotopic (exact) mass is 246 g/mol. The quantitative estimate of drug-likeness (QED) is 0.595. The second-order valence-corrected chi connectivity index (χ2v) is 3.86. The number of nitrogens with one attached hydrogen (secondary N) is 2. The number of urea groups is 1. The zero-order valence-corrected chi connectivity index (χ0v) is 10.7. The van der Waals surface area contributed by atoms with E-state index >= 15 is 0 Å². The van der Waals surface area contributed by atoms with Crippen LogP contribution in [0.25, 0.3) is 0 Å². The molecule has 0 bridgehead atoms. The van der Waals surface area contributed by atoms with E-state index in [1.54, 1.807) is 6.92 Å². The van der Waals surface area contributed by atoms with Gasteiger partial charge in [0.1, 0.15) is 6.04 Å². The fourth-order valence-electron chi connectivity index (χ4n) is 1.31. The molecule has 100 valence electrons. The Morgan fingerprint density at radius 3 is 2.41 bits per heavy atom. The van der Waals surface area contributed by atoms with E-state index in [0.29, 0.717) is 26.1 Å². The van der Waals surface area contributed by atoms with E-state index in [2.05, 4.69) is 10.6 Å². The lowest BCUT2D eigenvalue weighted by atomic mass is 10.2. The lowest BCUT2D eigenvalue weighted by Gasteiger charge is -2.17. The van der Waals surface area contributed by atoms with Crippen LogP contribution < -0.4 is 10.6 Å². The van der Waals surface area contributed by atoms with Crippen LogP contribution in [0.3, 0.4) is 0 Å². The summed E-state index contributed by atoms with van der Waals surface area (Å²) in [5.74, 6) is -1.01. The number of amides is 2. The number of carboxylic acid groups (broad SMARTS) is 1. The summed E-state index contributed by atoms with van der Waals surface area (Å²) in [5, 5.41) is 13.9. The van der Waals surface area contributed by atoms with Crippen molar-refractivity contribution in [3.63, 3.8) is 0 Å². The van der Waals surface area contributed by atoms with Crippen LogP contribution in [0.1, 0.15) is 33.6 Å². The molecule has 6 heteroatoms. The lowest BCUT2D eigenvalue weighted by Crippen LogP contribution is -2.49. The Hall–Kier alpha value is -1.30. The molecular weight excluding hydrogens is 224 g/mol. The maximum Gasteiger partial charge on any atom is 0.326 e. The summed E-state index contributed by atoms with van der Waals surface area (Å²) >= 11 is 0. The van der Waals surface area contributed by atoms with Crippen molar-refractivity contribution < 1.29 is 19.4 Å². The molecule has 6 nitrogen and oxygen atoms in total. The van der Waals surface area contributed by atoms with Crippen molar-refractivity contribution in [1.82, 2.24) is 10.6 Å². The first-order valence-electron chi connectivity index (χ1n) is 5.88. The highest BCUT2D eigenvalue weighted by molar-refractivity contribution is 5.82. The van der Waals surface area contributed by atoms with Crippen molar-refractivity contribution >= 4 is 12.0 Å². The summed E-state index contributed by atoms with van der Waals surface area (Å²) in [4.78, 5) is 22.3. The smallest absolute Gasteiger partial charge is 0.326 e. The molecule has 0 fully saturated rings. The summed E-state index contributed by atoms with van der Waals surface area (Å²) in [6, 6.07) is -1.46. The van der Waals surface area contributed by atoms with E-state index < -0.39 is 18.0 Å². The second-order valence-electron chi connectivity index (χ2n) is 3.86. The first kappa shape index (κ1) is 15.7. The van der Waals surface area contributed by atoms with E-state index in [-0.39, 0.29) is 6.04 Å². The zero-order chi connectivity index (χ0) is 13.3. The third-order valence-electron chi connectivity index (χ3n) is 2.13. The van der Waals surface area contributed by atoms with E-state index in [4.69, 9.17) is 9.84 Å². The number of carbonyl (C=O) groups excluding carboxylic acids is 1. The third-order valence-corrected chi connectivity index (χ3v) is 2.13. The van der Waals surface area contributed by atoms with Crippen LogP contribution in [0.2, 0.25) is 0 Å². The van der Waals surface area contributed by atoms with Crippen molar-refractivity contribution in [1.29, 1.82) is 0 Å². The second kappa shape index (κ2) is 8.81. The Morgan fingerprint density at radius 1 is 1.29 bits per heavy atom.